The van der Waals surface area contributed by atoms with Gasteiger partial charge in [-0.1, -0.05) is 17.7 Å². The number of hydrogen-bond donors (Lipinski definition) is 0. The Morgan fingerprint density at radius 2 is 2.27 bits per heavy atom. The topological polar surface area (TPSA) is 30.0 Å². The number of rotatable bonds is 2. The third kappa shape index (κ3) is 2.08. The molecule has 1 aromatic heterocycles. The molecule has 0 saturated heterocycles. The van der Waals surface area contributed by atoms with Crippen LogP contribution in [0.1, 0.15) is 21.6 Å². The number of benzene rings is 1. The summed E-state index contributed by atoms with van der Waals surface area (Å²) in [4.78, 5) is 15.9. The zero-order valence-electron chi connectivity index (χ0n) is 8.03. The van der Waals surface area contributed by atoms with Gasteiger partial charge in [-0.25, -0.2) is 4.98 Å². The Hall–Kier alpha value is -1.19. The van der Waals surface area contributed by atoms with Crippen molar-refractivity contribution in [1.29, 1.82) is 0 Å². The van der Waals surface area contributed by atoms with Crippen LogP contribution in [0.4, 0.5) is 0 Å². The molecule has 0 bridgehead atoms. The number of hydrogen-bond acceptors (Lipinski definition) is 3. The highest BCUT2D eigenvalue weighted by Crippen LogP contribution is 2.20. The summed E-state index contributed by atoms with van der Waals surface area (Å²) >= 11 is 7.39. The minimum absolute atomic E-state index is 0.124. The monoisotopic (exact) mass is 237 g/mol. The second kappa shape index (κ2) is 4.13. The maximum absolute atomic E-state index is 11.9. The summed E-state index contributed by atoms with van der Waals surface area (Å²) < 4.78 is 0. The number of carbonyl (C=O) groups is 1. The lowest BCUT2D eigenvalue weighted by Crippen LogP contribution is -2.02. The van der Waals surface area contributed by atoms with Crippen LogP contribution in [0.2, 0.25) is 5.02 Å². The van der Waals surface area contributed by atoms with Crippen molar-refractivity contribution in [1.82, 2.24) is 4.98 Å². The van der Waals surface area contributed by atoms with E-state index in [4.69, 9.17) is 11.6 Å². The van der Waals surface area contributed by atoms with Gasteiger partial charge in [-0.15, -0.1) is 11.3 Å². The molecule has 0 spiro atoms. The smallest absolute Gasteiger partial charge is 0.213 e. The number of ketones is 1. The van der Waals surface area contributed by atoms with Gasteiger partial charge >= 0.3 is 0 Å². The Morgan fingerprint density at radius 1 is 1.47 bits per heavy atom. The molecule has 0 N–H and O–H groups in total. The van der Waals surface area contributed by atoms with Gasteiger partial charge in [-0.2, -0.15) is 0 Å². The van der Waals surface area contributed by atoms with Crippen LogP contribution in [0.25, 0.3) is 0 Å². The third-order valence-corrected chi connectivity index (χ3v) is 2.93. The van der Waals surface area contributed by atoms with E-state index in [9.17, 15) is 4.79 Å². The molecule has 0 unspecified atom stereocenters. The summed E-state index contributed by atoms with van der Waals surface area (Å²) in [5, 5.41) is 2.20. The van der Waals surface area contributed by atoms with Gasteiger partial charge in [-0.3, -0.25) is 4.79 Å². The van der Waals surface area contributed by atoms with Gasteiger partial charge in [0.15, 0.2) is 0 Å². The predicted octanol–water partition coefficient (Wildman–Crippen LogP) is 3.34. The number of aryl methyl sites for hydroxylation is 1. The van der Waals surface area contributed by atoms with Gasteiger partial charge in [0, 0.05) is 10.9 Å². The molecular weight excluding hydrogens is 230 g/mol. The fourth-order valence-electron chi connectivity index (χ4n) is 1.27. The van der Waals surface area contributed by atoms with Gasteiger partial charge in [0.2, 0.25) is 5.78 Å². The van der Waals surface area contributed by atoms with Crippen molar-refractivity contribution >= 4 is 28.7 Å². The lowest BCUT2D eigenvalue weighted by molar-refractivity contribution is 0.103. The molecule has 0 aliphatic carbocycles. The summed E-state index contributed by atoms with van der Waals surface area (Å²) in [7, 11) is 0. The second-order valence-electron chi connectivity index (χ2n) is 3.19. The summed E-state index contributed by atoms with van der Waals surface area (Å²) in [5.41, 5.74) is 3.63. The highest BCUT2D eigenvalue weighted by Gasteiger charge is 2.14. The van der Waals surface area contributed by atoms with E-state index in [1.165, 1.54) is 11.3 Å². The Bertz CT molecular complexity index is 493. The van der Waals surface area contributed by atoms with Crippen LogP contribution in [0.15, 0.2) is 29.1 Å². The second-order valence-corrected chi connectivity index (χ2v) is 4.31. The maximum Gasteiger partial charge on any atom is 0.213 e. The Kier molecular flexibility index (Phi) is 2.84. The number of nitrogens with zero attached hydrogens (tertiary/aromatic N) is 1. The van der Waals surface area contributed by atoms with Gasteiger partial charge in [0.05, 0.1) is 10.5 Å². The molecule has 2 nitrogen and oxygen atoms in total. The van der Waals surface area contributed by atoms with Gasteiger partial charge < -0.3 is 0 Å². The molecule has 2 aromatic rings. The fraction of sp³-hybridized carbons (Fsp3) is 0.0909. The first-order valence-electron chi connectivity index (χ1n) is 4.37. The van der Waals surface area contributed by atoms with Crippen molar-refractivity contribution in [3.05, 3.63) is 50.9 Å². The fourth-order valence-corrected chi connectivity index (χ4v) is 2.12. The van der Waals surface area contributed by atoms with Crippen molar-refractivity contribution in [2.24, 2.45) is 0 Å². The normalized spacial score (nSPS) is 10.3. The zero-order valence-corrected chi connectivity index (χ0v) is 9.60. The molecule has 1 aromatic carbocycles. The van der Waals surface area contributed by atoms with Crippen LogP contribution in [0.3, 0.4) is 0 Å². The molecule has 0 amide bonds. The first kappa shape index (κ1) is 10.3. The number of carbonyl (C=O) groups excluding carboxylic acids is 1. The molecular formula is C11H8ClNOS. The molecule has 76 valence electrons. The Labute approximate surface area is 96.5 Å². The SMILES string of the molecule is Cc1ccc(C(=O)c2cscn2)c(Cl)c1. The van der Waals surface area contributed by atoms with Crippen molar-refractivity contribution in [3.63, 3.8) is 0 Å². The van der Waals surface area contributed by atoms with Gasteiger partial charge in [0.25, 0.3) is 0 Å². The predicted molar refractivity (Wildman–Crippen MR) is 61.7 cm³/mol. The third-order valence-electron chi connectivity index (χ3n) is 2.03. The molecule has 15 heavy (non-hydrogen) atoms. The van der Waals surface area contributed by atoms with E-state index in [2.05, 4.69) is 4.98 Å². The van der Waals surface area contributed by atoms with Crippen LogP contribution in [0.5, 0.6) is 0 Å². The van der Waals surface area contributed by atoms with E-state index in [1.807, 2.05) is 13.0 Å². The summed E-state index contributed by atoms with van der Waals surface area (Å²) in [5.74, 6) is -0.124. The average Bonchev–Trinajstić information content (AvgIpc) is 2.69. The molecule has 0 saturated carbocycles. The number of thiazole rings is 1. The molecule has 2 rings (SSSR count). The average molecular weight is 238 g/mol. The van der Waals surface area contributed by atoms with Gasteiger partial charge in [-0.05, 0) is 24.6 Å². The van der Waals surface area contributed by atoms with Crippen LogP contribution < -0.4 is 0 Å². The van der Waals surface area contributed by atoms with E-state index in [0.29, 0.717) is 16.3 Å². The van der Waals surface area contributed by atoms with Crippen molar-refractivity contribution < 1.29 is 4.79 Å². The van der Waals surface area contributed by atoms with E-state index in [1.54, 1.807) is 23.0 Å². The Balaban J connectivity index is 2.42. The van der Waals surface area contributed by atoms with Crippen molar-refractivity contribution in [2.45, 2.75) is 6.92 Å². The molecule has 0 aliphatic rings. The summed E-state index contributed by atoms with van der Waals surface area (Å²) in [6, 6.07) is 5.38. The minimum atomic E-state index is -0.124. The highest BCUT2D eigenvalue weighted by molar-refractivity contribution is 7.07. The van der Waals surface area contributed by atoms with Crippen LogP contribution in [-0.2, 0) is 0 Å². The standard InChI is InChI=1S/C11H8ClNOS/c1-7-2-3-8(9(12)4-7)11(14)10-5-15-6-13-10/h2-6H,1H3. The molecule has 4 heteroatoms. The van der Waals surface area contributed by atoms with E-state index in [-0.39, 0.29) is 5.78 Å². The van der Waals surface area contributed by atoms with E-state index in [0.717, 1.165) is 5.56 Å². The Morgan fingerprint density at radius 3 is 2.87 bits per heavy atom. The first-order valence-corrected chi connectivity index (χ1v) is 5.69. The summed E-state index contributed by atoms with van der Waals surface area (Å²) in [6.45, 7) is 1.93. The molecule has 1 heterocycles. The van der Waals surface area contributed by atoms with E-state index < -0.39 is 0 Å². The lowest BCUT2D eigenvalue weighted by Gasteiger charge is -2.01. The van der Waals surface area contributed by atoms with E-state index >= 15 is 0 Å². The number of aromatic nitrogens is 1. The maximum atomic E-state index is 11.9. The largest absolute Gasteiger partial charge is 0.287 e. The quantitative estimate of drug-likeness (QED) is 0.750. The lowest BCUT2D eigenvalue weighted by atomic mass is 10.1. The van der Waals surface area contributed by atoms with Crippen molar-refractivity contribution in [2.75, 3.05) is 0 Å². The summed E-state index contributed by atoms with van der Waals surface area (Å²) in [6.07, 6.45) is 0. The molecule has 0 aliphatic heterocycles. The zero-order chi connectivity index (χ0) is 10.8. The van der Waals surface area contributed by atoms with Gasteiger partial charge in [0.1, 0.15) is 5.69 Å². The highest BCUT2D eigenvalue weighted by atomic mass is 35.5. The van der Waals surface area contributed by atoms with Crippen molar-refractivity contribution in [3.8, 4) is 0 Å². The molecule has 0 radical (unpaired) electrons. The minimum Gasteiger partial charge on any atom is -0.287 e. The number of halogens is 1. The van der Waals surface area contributed by atoms with Crippen LogP contribution in [-0.4, -0.2) is 10.8 Å². The van der Waals surface area contributed by atoms with Crippen LogP contribution >= 0.6 is 22.9 Å². The molecule has 0 fully saturated rings. The van der Waals surface area contributed by atoms with Crippen LogP contribution in [0, 0.1) is 6.92 Å². The molecule has 0 atom stereocenters. The first-order chi connectivity index (χ1) is 7.18.